The highest BCUT2D eigenvalue weighted by atomic mass is 19.3. The predicted molar refractivity (Wildman–Crippen MR) is 75.7 cm³/mol. The van der Waals surface area contributed by atoms with E-state index >= 15 is 0 Å². The maximum absolute atomic E-state index is 13.4. The molecule has 0 unspecified atom stereocenters. The van der Waals surface area contributed by atoms with Crippen LogP contribution in [0.25, 0.3) is 0 Å². The van der Waals surface area contributed by atoms with E-state index in [2.05, 4.69) is 10.1 Å². The van der Waals surface area contributed by atoms with E-state index in [1.165, 1.54) is 7.11 Å². The Labute approximate surface area is 133 Å². The molecule has 128 valence electrons. The summed E-state index contributed by atoms with van der Waals surface area (Å²) >= 11 is 0. The van der Waals surface area contributed by atoms with E-state index in [0.29, 0.717) is 18.8 Å². The molecule has 3 rings (SSSR count). The zero-order valence-electron chi connectivity index (χ0n) is 13.2. The number of likely N-dealkylation sites (tertiary alicyclic amines) is 1. The van der Waals surface area contributed by atoms with Crippen LogP contribution in [-0.4, -0.2) is 40.5 Å². The third-order valence-corrected chi connectivity index (χ3v) is 4.79. The van der Waals surface area contributed by atoms with Gasteiger partial charge in [0, 0.05) is 32.9 Å². The van der Waals surface area contributed by atoms with Crippen LogP contribution in [-0.2, 0) is 21.7 Å². The van der Waals surface area contributed by atoms with Gasteiger partial charge >= 0.3 is 0 Å². The first kappa shape index (κ1) is 16.3. The lowest BCUT2D eigenvalue weighted by Gasteiger charge is -2.35. The van der Waals surface area contributed by atoms with Gasteiger partial charge in [0.15, 0.2) is 5.82 Å². The van der Waals surface area contributed by atoms with Gasteiger partial charge in [0.05, 0.1) is 6.54 Å². The molecule has 0 bridgehead atoms. The van der Waals surface area contributed by atoms with Crippen molar-refractivity contribution in [1.82, 2.24) is 15.0 Å². The number of alkyl halides is 2. The smallest absolute Gasteiger partial charge is 0.258 e. The van der Waals surface area contributed by atoms with Gasteiger partial charge in [0.1, 0.15) is 5.60 Å². The van der Waals surface area contributed by atoms with Crippen LogP contribution in [0.1, 0.15) is 56.7 Å². The molecular weight excluding hydrogens is 308 g/mol. The highest BCUT2D eigenvalue weighted by Gasteiger charge is 2.48. The molecule has 2 aliphatic rings. The van der Waals surface area contributed by atoms with E-state index < -0.39 is 11.5 Å². The van der Waals surface area contributed by atoms with Crippen LogP contribution in [0.2, 0.25) is 0 Å². The van der Waals surface area contributed by atoms with Crippen LogP contribution in [0.3, 0.4) is 0 Å². The van der Waals surface area contributed by atoms with Crippen LogP contribution in [0.4, 0.5) is 8.78 Å². The van der Waals surface area contributed by atoms with Gasteiger partial charge in [-0.2, -0.15) is 4.98 Å². The second-order valence-corrected chi connectivity index (χ2v) is 6.34. The number of amides is 1. The first-order chi connectivity index (χ1) is 10.9. The van der Waals surface area contributed by atoms with Crippen molar-refractivity contribution in [3.8, 4) is 0 Å². The summed E-state index contributed by atoms with van der Waals surface area (Å²) in [6.07, 6.45) is 2.18. The van der Waals surface area contributed by atoms with Gasteiger partial charge < -0.3 is 14.2 Å². The highest BCUT2D eigenvalue weighted by Crippen LogP contribution is 2.45. The number of carbonyl (C=O) groups is 1. The SMILES string of the molecule is COC1(c2nc(CN3CCCCC3=O)no2)CCC(F)(F)CC1. The topological polar surface area (TPSA) is 68.5 Å². The molecule has 0 N–H and O–H groups in total. The summed E-state index contributed by atoms with van der Waals surface area (Å²) in [5, 5.41) is 3.90. The molecule has 1 aliphatic heterocycles. The number of halogens is 2. The average molecular weight is 329 g/mol. The van der Waals surface area contributed by atoms with Gasteiger partial charge in [-0.15, -0.1) is 0 Å². The van der Waals surface area contributed by atoms with Gasteiger partial charge in [0.2, 0.25) is 11.8 Å². The number of aromatic nitrogens is 2. The number of piperidine rings is 1. The van der Waals surface area contributed by atoms with Crippen molar-refractivity contribution in [2.75, 3.05) is 13.7 Å². The third-order valence-electron chi connectivity index (χ3n) is 4.79. The highest BCUT2D eigenvalue weighted by molar-refractivity contribution is 5.76. The summed E-state index contributed by atoms with van der Waals surface area (Å²) in [6.45, 7) is 0.975. The maximum Gasteiger partial charge on any atom is 0.258 e. The van der Waals surface area contributed by atoms with E-state index in [1.807, 2.05) is 0 Å². The van der Waals surface area contributed by atoms with Gasteiger partial charge in [-0.25, -0.2) is 8.78 Å². The van der Waals surface area contributed by atoms with Crippen molar-refractivity contribution in [2.24, 2.45) is 0 Å². The molecule has 1 saturated heterocycles. The minimum atomic E-state index is -2.66. The summed E-state index contributed by atoms with van der Waals surface area (Å²) in [5.74, 6) is -1.95. The van der Waals surface area contributed by atoms with E-state index in [4.69, 9.17) is 9.26 Å². The molecule has 1 saturated carbocycles. The number of nitrogens with zero attached hydrogens (tertiary/aromatic N) is 3. The molecule has 2 fully saturated rings. The van der Waals surface area contributed by atoms with Crippen LogP contribution >= 0.6 is 0 Å². The zero-order valence-corrected chi connectivity index (χ0v) is 13.2. The van der Waals surface area contributed by atoms with Gasteiger partial charge in [-0.1, -0.05) is 5.16 Å². The van der Waals surface area contributed by atoms with Crippen molar-refractivity contribution in [3.05, 3.63) is 11.7 Å². The molecule has 0 radical (unpaired) electrons. The molecule has 23 heavy (non-hydrogen) atoms. The van der Waals surface area contributed by atoms with E-state index in [9.17, 15) is 13.6 Å². The molecule has 6 nitrogen and oxygen atoms in total. The minimum Gasteiger partial charge on any atom is -0.368 e. The summed E-state index contributed by atoms with van der Waals surface area (Å²) in [7, 11) is 1.47. The number of carbonyl (C=O) groups excluding carboxylic acids is 1. The maximum atomic E-state index is 13.4. The Morgan fingerprint density at radius 1 is 1.26 bits per heavy atom. The third kappa shape index (κ3) is 3.36. The largest absolute Gasteiger partial charge is 0.368 e. The van der Waals surface area contributed by atoms with E-state index in [-0.39, 0.29) is 44.0 Å². The van der Waals surface area contributed by atoms with Gasteiger partial charge in [0.25, 0.3) is 5.89 Å². The molecule has 1 aromatic heterocycles. The van der Waals surface area contributed by atoms with Gasteiger partial charge in [-0.05, 0) is 25.7 Å². The van der Waals surface area contributed by atoms with Crippen molar-refractivity contribution in [2.45, 2.75) is 63.0 Å². The van der Waals surface area contributed by atoms with E-state index in [1.54, 1.807) is 4.90 Å². The first-order valence-corrected chi connectivity index (χ1v) is 7.98. The molecule has 0 aromatic carbocycles. The number of ether oxygens (including phenoxy) is 1. The number of hydrogen-bond acceptors (Lipinski definition) is 5. The fourth-order valence-electron chi connectivity index (χ4n) is 3.23. The molecule has 0 atom stereocenters. The molecule has 8 heteroatoms. The van der Waals surface area contributed by atoms with Crippen molar-refractivity contribution in [3.63, 3.8) is 0 Å². The van der Waals surface area contributed by atoms with Crippen molar-refractivity contribution in [1.29, 1.82) is 0 Å². The molecule has 1 amide bonds. The first-order valence-electron chi connectivity index (χ1n) is 7.98. The Balaban J connectivity index is 1.71. The number of rotatable bonds is 4. The summed E-state index contributed by atoms with van der Waals surface area (Å²) in [5.41, 5.74) is -0.946. The number of hydrogen-bond donors (Lipinski definition) is 0. The minimum absolute atomic E-state index is 0.0846. The fourth-order valence-corrected chi connectivity index (χ4v) is 3.23. The lowest BCUT2D eigenvalue weighted by atomic mass is 9.82. The number of methoxy groups -OCH3 is 1. The predicted octanol–water partition coefficient (Wildman–Crippen LogP) is 2.63. The Morgan fingerprint density at radius 3 is 2.65 bits per heavy atom. The molecule has 1 aliphatic carbocycles. The lowest BCUT2D eigenvalue weighted by molar-refractivity contribution is -0.134. The summed E-state index contributed by atoms with van der Waals surface area (Å²) in [4.78, 5) is 17.8. The van der Waals surface area contributed by atoms with Gasteiger partial charge in [-0.3, -0.25) is 4.79 Å². The zero-order chi connectivity index (χ0) is 16.5. The quantitative estimate of drug-likeness (QED) is 0.849. The van der Waals surface area contributed by atoms with Crippen LogP contribution in [0, 0.1) is 0 Å². The second-order valence-electron chi connectivity index (χ2n) is 6.34. The van der Waals surface area contributed by atoms with E-state index in [0.717, 1.165) is 12.8 Å². The Morgan fingerprint density at radius 2 is 2.00 bits per heavy atom. The summed E-state index contributed by atoms with van der Waals surface area (Å²) in [6, 6.07) is 0. The summed E-state index contributed by atoms with van der Waals surface area (Å²) < 4.78 is 37.5. The Hall–Kier alpha value is -1.57. The lowest BCUT2D eigenvalue weighted by Crippen LogP contribution is -2.38. The second kappa shape index (κ2) is 6.14. The fraction of sp³-hybridized carbons (Fsp3) is 0.800. The molecular formula is C15H21F2N3O3. The molecule has 1 aromatic rings. The average Bonchev–Trinajstić information content (AvgIpc) is 2.99. The van der Waals surface area contributed by atoms with Crippen LogP contribution in [0.5, 0.6) is 0 Å². The monoisotopic (exact) mass is 329 g/mol. The Bertz CT molecular complexity index is 566. The molecule has 0 spiro atoms. The van der Waals surface area contributed by atoms with Crippen LogP contribution < -0.4 is 0 Å². The normalized spacial score (nSPS) is 24.0. The molecule has 2 heterocycles. The Kier molecular flexibility index (Phi) is 4.35. The van der Waals surface area contributed by atoms with Crippen molar-refractivity contribution < 1.29 is 22.8 Å². The standard InChI is InChI=1S/C15H21F2N3O3/c1-22-14(5-7-15(16,17)8-6-14)13-18-11(19-23-13)10-20-9-3-2-4-12(20)21/h2-10H2,1H3. The van der Waals surface area contributed by atoms with Crippen LogP contribution in [0.15, 0.2) is 4.52 Å². The van der Waals surface area contributed by atoms with Crippen molar-refractivity contribution >= 4 is 5.91 Å².